The van der Waals surface area contributed by atoms with E-state index in [1.165, 1.54) is 12.0 Å². The highest BCUT2D eigenvalue weighted by Gasteiger charge is 2.44. The van der Waals surface area contributed by atoms with Crippen molar-refractivity contribution < 1.29 is 24.2 Å². The van der Waals surface area contributed by atoms with Gasteiger partial charge in [-0.3, -0.25) is 14.5 Å². The second-order valence-corrected chi connectivity index (χ2v) is 9.11. The zero-order valence-electron chi connectivity index (χ0n) is 21.0. The molecule has 1 heterocycles. The number of ketones is 1. The zero-order valence-corrected chi connectivity index (χ0v) is 21.0. The minimum atomic E-state index is -0.800. The predicted molar refractivity (Wildman–Crippen MR) is 140 cm³/mol. The highest BCUT2D eigenvalue weighted by atomic mass is 16.5. The van der Waals surface area contributed by atoms with Crippen molar-refractivity contribution >= 4 is 17.4 Å². The van der Waals surface area contributed by atoms with Gasteiger partial charge in [0, 0.05) is 12.1 Å². The van der Waals surface area contributed by atoms with Gasteiger partial charge in [0.2, 0.25) is 0 Å². The normalized spacial score (nSPS) is 15.5. The first-order valence-corrected chi connectivity index (χ1v) is 12.0. The summed E-state index contributed by atoms with van der Waals surface area (Å²) in [7, 11) is 3.08. The number of benzene rings is 3. The van der Waals surface area contributed by atoms with E-state index in [0.29, 0.717) is 35.1 Å². The van der Waals surface area contributed by atoms with Gasteiger partial charge >= 0.3 is 0 Å². The molecule has 3 aromatic rings. The van der Waals surface area contributed by atoms with Crippen LogP contribution in [-0.4, -0.2) is 31.0 Å². The molecule has 0 bridgehead atoms. The Morgan fingerprint density at radius 2 is 1.61 bits per heavy atom. The van der Waals surface area contributed by atoms with Crippen LogP contribution in [0.1, 0.15) is 48.9 Å². The molecule has 0 spiro atoms. The first kappa shape index (κ1) is 25.0. The van der Waals surface area contributed by atoms with Crippen LogP contribution < -0.4 is 14.4 Å². The molecule has 1 aliphatic heterocycles. The van der Waals surface area contributed by atoms with Crippen molar-refractivity contribution in [2.75, 3.05) is 19.1 Å². The highest BCUT2D eigenvalue weighted by molar-refractivity contribution is 6.16. The molecule has 1 unspecified atom stereocenters. The predicted octanol–water partition coefficient (Wildman–Crippen LogP) is 5.93. The summed E-state index contributed by atoms with van der Waals surface area (Å²) in [6.45, 7) is 4.19. The molecule has 0 aliphatic carbocycles. The molecule has 1 atom stereocenters. The number of carbonyl (C=O) groups excluding carboxylic acids is 2. The lowest BCUT2D eigenvalue weighted by atomic mass is 9.92. The highest BCUT2D eigenvalue weighted by Crippen LogP contribution is 2.43. The number of amides is 1. The first-order valence-electron chi connectivity index (χ1n) is 12.0. The van der Waals surface area contributed by atoms with Crippen molar-refractivity contribution in [2.24, 2.45) is 0 Å². The van der Waals surface area contributed by atoms with Gasteiger partial charge in [-0.1, -0.05) is 62.4 Å². The molecule has 1 N–H and O–H groups in total. The molecule has 1 aliphatic rings. The number of methoxy groups -OCH3 is 2. The molecule has 0 radical (unpaired) electrons. The molecule has 3 aromatic carbocycles. The third-order valence-corrected chi connectivity index (χ3v) is 6.55. The number of carbonyl (C=O) groups is 2. The maximum atomic E-state index is 13.5. The van der Waals surface area contributed by atoms with Gasteiger partial charge < -0.3 is 14.6 Å². The largest absolute Gasteiger partial charge is 0.503 e. The summed E-state index contributed by atoms with van der Waals surface area (Å²) >= 11 is 0. The lowest BCUT2D eigenvalue weighted by Gasteiger charge is -2.28. The van der Waals surface area contributed by atoms with Crippen LogP contribution in [0.25, 0.3) is 0 Å². The van der Waals surface area contributed by atoms with Crippen LogP contribution >= 0.6 is 0 Å². The van der Waals surface area contributed by atoms with Crippen LogP contribution in [0.15, 0.2) is 84.1 Å². The Kier molecular flexibility index (Phi) is 7.44. The number of nitrogens with zero attached hydrogens (tertiary/aromatic N) is 1. The summed E-state index contributed by atoms with van der Waals surface area (Å²) in [5, 5.41) is 11.0. The maximum absolute atomic E-state index is 13.5. The van der Waals surface area contributed by atoms with Gasteiger partial charge in [0.25, 0.3) is 5.91 Å². The van der Waals surface area contributed by atoms with Crippen molar-refractivity contribution in [3.8, 4) is 11.5 Å². The summed E-state index contributed by atoms with van der Waals surface area (Å²) in [5.41, 5.74) is 3.47. The average Bonchev–Trinajstić information content (AvgIpc) is 3.17. The standard InChI is InChI=1S/C30H31NO5/c1-19(2)21-11-14-23(15-12-21)31-28(22-13-17-25(35-3)26(18-22)36-4)27(29(33)30(31)34)24(32)16-10-20-8-6-5-7-9-20/h5-9,11-15,17-19,28,33H,10,16H2,1-4H3. The molecule has 0 aromatic heterocycles. The van der Waals surface area contributed by atoms with Gasteiger partial charge in [-0.25, -0.2) is 0 Å². The molecule has 6 nitrogen and oxygen atoms in total. The number of anilines is 1. The van der Waals surface area contributed by atoms with Crippen LogP contribution in [0.4, 0.5) is 5.69 Å². The third-order valence-electron chi connectivity index (χ3n) is 6.55. The Morgan fingerprint density at radius 3 is 2.22 bits per heavy atom. The fourth-order valence-corrected chi connectivity index (χ4v) is 4.55. The van der Waals surface area contributed by atoms with Crippen molar-refractivity contribution in [1.29, 1.82) is 0 Å². The van der Waals surface area contributed by atoms with E-state index in [1.54, 1.807) is 25.3 Å². The van der Waals surface area contributed by atoms with Gasteiger partial charge in [0.15, 0.2) is 23.0 Å². The van der Waals surface area contributed by atoms with Crippen LogP contribution in [0.3, 0.4) is 0 Å². The Balaban J connectivity index is 1.76. The summed E-state index contributed by atoms with van der Waals surface area (Å²) in [4.78, 5) is 28.4. The molecule has 0 saturated carbocycles. The van der Waals surface area contributed by atoms with Gasteiger partial charge in [-0.2, -0.15) is 0 Å². The van der Waals surface area contributed by atoms with Crippen molar-refractivity contribution in [1.82, 2.24) is 0 Å². The number of aryl methyl sites for hydroxylation is 1. The number of aliphatic hydroxyl groups excluding tert-OH is 1. The smallest absolute Gasteiger partial charge is 0.294 e. The number of hydrogen-bond acceptors (Lipinski definition) is 5. The van der Waals surface area contributed by atoms with E-state index in [-0.39, 0.29) is 17.8 Å². The number of aliphatic hydroxyl groups is 1. The second kappa shape index (κ2) is 10.7. The Hall–Kier alpha value is -4.06. The van der Waals surface area contributed by atoms with Crippen LogP contribution in [0.2, 0.25) is 0 Å². The number of ether oxygens (including phenoxy) is 2. The lowest BCUT2D eigenvalue weighted by Crippen LogP contribution is -2.31. The molecular weight excluding hydrogens is 454 g/mol. The molecule has 4 rings (SSSR count). The second-order valence-electron chi connectivity index (χ2n) is 9.11. The van der Waals surface area contributed by atoms with Gasteiger partial charge in [0.05, 0.1) is 25.8 Å². The molecular formula is C30H31NO5. The number of hydrogen-bond donors (Lipinski definition) is 1. The van der Waals surface area contributed by atoms with E-state index in [0.717, 1.165) is 11.1 Å². The van der Waals surface area contributed by atoms with Crippen molar-refractivity contribution in [3.63, 3.8) is 0 Å². The van der Waals surface area contributed by atoms with E-state index >= 15 is 0 Å². The fourth-order valence-electron chi connectivity index (χ4n) is 4.55. The van der Waals surface area contributed by atoms with Crippen LogP contribution in [-0.2, 0) is 16.0 Å². The summed E-state index contributed by atoms with van der Waals surface area (Å²) < 4.78 is 10.9. The average molecular weight is 486 g/mol. The molecule has 186 valence electrons. The van der Waals surface area contributed by atoms with Gasteiger partial charge in [0.1, 0.15) is 0 Å². The number of Topliss-reactive ketones (excluding diaryl/α,β-unsaturated/α-hetero) is 1. The Labute approximate surface area is 211 Å². The first-order chi connectivity index (χ1) is 17.3. The summed E-state index contributed by atoms with van der Waals surface area (Å²) in [6.07, 6.45) is 0.674. The van der Waals surface area contributed by atoms with Crippen LogP contribution in [0.5, 0.6) is 11.5 Å². The summed E-state index contributed by atoms with van der Waals surface area (Å²) in [6, 6.07) is 21.8. The SMILES string of the molecule is COc1ccc(C2C(C(=O)CCc3ccccc3)=C(O)C(=O)N2c2ccc(C(C)C)cc2)cc1OC. The fraction of sp³-hybridized carbons (Fsp3) is 0.267. The van der Waals surface area contributed by atoms with E-state index in [1.807, 2.05) is 54.6 Å². The zero-order chi connectivity index (χ0) is 25.8. The number of rotatable bonds is 9. The molecule has 36 heavy (non-hydrogen) atoms. The monoisotopic (exact) mass is 485 g/mol. The molecule has 1 amide bonds. The van der Waals surface area contributed by atoms with Crippen molar-refractivity contribution in [2.45, 2.75) is 38.6 Å². The van der Waals surface area contributed by atoms with Crippen molar-refractivity contribution in [3.05, 3.63) is 101 Å². The van der Waals surface area contributed by atoms with E-state index in [2.05, 4.69) is 13.8 Å². The summed E-state index contributed by atoms with van der Waals surface area (Å²) in [5.74, 6) is -0.0538. The quantitative estimate of drug-likeness (QED) is 0.407. The van der Waals surface area contributed by atoms with E-state index in [4.69, 9.17) is 9.47 Å². The molecule has 6 heteroatoms. The van der Waals surface area contributed by atoms with Gasteiger partial charge in [-0.15, -0.1) is 0 Å². The minimum Gasteiger partial charge on any atom is -0.503 e. The molecule has 0 fully saturated rings. The van der Waals surface area contributed by atoms with Gasteiger partial charge in [-0.05, 0) is 53.3 Å². The van der Waals surface area contributed by atoms with Crippen LogP contribution in [0, 0.1) is 0 Å². The van der Waals surface area contributed by atoms with E-state index < -0.39 is 17.7 Å². The molecule has 0 saturated heterocycles. The topological polar surface area (TPSA) is 76.1 Å². The van der Waals surface area contributed by atoms with E-state index in [9.17, 15) is 14.7 Å². The Morgan fingerprint density at radius 1 is 0.944 bits per heavy atom. The minimum absolute atomic E-state index is 0.0936. The lowest BCUT2D eigenvalue weighted by molar-refractivity contribution is -0.118. The Bertz CT molecular complexity index is 1280. The maximum Gasteiger partial charge on any atom is 0.294 e. The third kappa shape index (κ3) is 4.85.